The number of aryl methyl sites for hydroxylation is 1. The van der Waals surface area contributed by atoms with E-state index in [0.29, 0.717) is 5.92 Å². The molecule has 0 radical (unpaired) electrons. The SMILES string of the molecule is Cc1ccc(CN2CCCC(c3nncn3Cc3ccccc3)C2)o1. The van der Waals surface area contributed by atoms with E-state index < -0.39 is 0 Å². The Balaban J connectivity index is 1.45. The van der Waals surface area contributed by atoms with Gasteiger partial charge in [0.2, 0.25) is 0 Å². The molecule has 0 aliphatic carbocycles. The summed E-state index contributed by atoms with van der Waals surface area (Å²) in [6.07, 6.45) is 4.21. The Morgan fingerprint density at radius 1 is 1.12 bits per heavy atom. The average molecular weight is 336 g/mol. The zero-order valence-corrected chi connectivity index (χ0v) is 14.6. The van der Waals surface area contributed by atoms with Crippen molar-refractivity contribution in [3.63, 3.8) is 0 Å². The van der Waals surface area contributed by atoms with Gasteiger partial charge in [-0.05, 0) is 44.0 Å². The number of hydrogen-bond donors (Lipinski definition) is 0. The second-order valence-electron chi connectivity index (χ2n) is 6.89. The van der Waals surface area contributed by atoms with Crippen LogP contribution < -0.4 is 0 Å². The van der Waals surface area contributed by atoms with Gasteiger partial charge in [0.05, 0.1) is 13.1 Å². The van der Waals surface area contributed by atoms with E-state index in [1.54, 1.807) is 0 Å². The first-order chi connectivity index (χ1) is 12.3. The van der Waals surface area contributed by atoms with E-state index >= 15 is 0 Å². The Bertz CT molecular complexity index is 808. The molecule has 0 bridgehead atoms. The van der Waals surface area contributed by atoms with Gasteiger partial charge in [0.25, 0.3) is 0 Å². The van der Waals surface area contributed by atoms with Crippen molar-refractivity contribution >= 4 is 0 Å². The summed E-state index contributed by atoms with van der Waals surface area (Å²) in [6, 6.07) is 14.6. The number of rotatable bonds is 5. The second kappa shape index (κ2) is 7.23. The van der Waals surface area contributed by atoms with E-state index in [9.17, 15) is 0 Å². The molecular weight excluding hydrogens is 312 g/mol. The summed E-state index contributed by atoms with van der Waals surface area (Å²) in [7, 11) is 0. The van der Waals surface area contributed by atoms with Crippen LogP contribution in [0.4, 0.5) is 0 Å². The van der Waals surface area contributed by atoms with Crippen LogP contribution in [0, 0.1) is 6.92 Å². The Labute approximate surface area is 148 Å². The lowest BCUT2D eigenvalue weighted by atomic mass is 9.97. The molecular formula is C20H24N4O. The molecule has 1 unspecified atom stereocenters. The zero-order valence-electron chi connectivity index (χ0n) is 14.6. The van der Waals surface area contributed by atoms with Crippen LogP contribution in [0.25, 0.3) is 0 Å². The van der Waals surface area contributed by atoms with Crippen LogP contribution in [-0.4, -0.2) is 32.8 Å². The van der Waals surface area contributed by atoms with E-state index in [1.165, 1.54) is 18.4 Å². The molecule has 4 rings (SSSR count). The molecule has 1 aliphatic rings. The molecule has 3 heterocycles. The molecule has 0 saturated carbocycles. The number of piperidine rings is 1. The number of benzene rings is 1. The molecule has 1 saturated heterocycles. The molecule has 0 N–H and O–H groups in total. The van der Waals surface area contributed by atoms with Gasteiger partial charge in [0.1, 0.15) is 23.7 Å². The van der Waals surface area contributed by atoms with E-state index in [0.717, 1.165) is 43.5 Å². The van der Waals surface area contributed by atoms with Crippen molar-refractivity contribution in [3.05, 3.63) is 71.7 Å². The van der Waals surface area contributed by atoms with Crippen molar-refractivity contribution in [2.45, 2.75) is 38.8 Å². The van der Waals surface area contributed by atoms with Gasteiger partial charge in [-0.3, -0.25) is 4.90 Å². The first-order valence-corrected chi connectivity index (χ1v) is 8.97. The normalized spacial score (nSPS) is 18.5. The average Bonchev–Trinajstić information content (AvgIpc) is 3.25. The van der Waals surface area contributed by atoms with Crippen LogP contribution in [-0.2, 0) is 13.1 Å². The Hall–Kier alpha value is -2.40. The Kier molecular flexibility index (Phi) is 4.65. The summed E-state index contributed by atoms with van der Waals surface area (Å²) >= 11 is 0. The van der Waals surface area contributed by atoms with E-state index in [4.69, 9.17) is 4.42 Å². The fourth-order valence-electron chi connectivity index (χ4n) is 3.68. The number of aromatic nitrogens is 3. The van der Waals surface area contributed by atoms with Crippen LogP contribution in [0.2, 0.25) is 0 Å². The third-order valence-electron chi connectivity index (χ3n) is 4.89. The van der Waals surface area contributed by atoms with Gasteiger partial charge in [-0.2, -0.15) is 0 Å². The van der Waals surface area contributed by atoms with Crippen molar-refractivity contribution in [2.75, 3.05) is 13.1 Å². The molecule has 1 aliphatic heterocycles. The molecule has 0 amide bonds. The summed E-state index contributed by atoms with van der Waals surface area (Å²) < 4.78 is 7.94. The summed E-state index contributed by atoms with van der Waals surface area (Å²) in [5.74, 6) is 3.55. The van der Waals surface area contributed by atoms with Gasteiger partial charge in [-0.1, -0.05) is 30.3 Å². The topological polar surface area (TPSA) is 47.1 Å². The highest BCUT2D eigenvalue weighted by molar-refractivity contribution is 5.16. The molecule has 2 aromatic heterocycles. The van der Waals surface area contributed by atoms with Crippen molar-refractivity contribution in [1.82, 2.24) is 19.7 Å². The maximum absolute atomic E-state index is 5.74. The summed E-state index contributed by atoms with van der Waals surface area (Å²) in [5, 5.41) is 8.63. The first-order valence-electron chi connectivity index (χ1n) is 8.97. The van der Waals surface area contributed by atoms with E-state index in [1.807, 2.05) is 25.4 Å². The standard InChI is InChI=1S/C20H24N4O/c1-16-9-10-19(25-16)14-23-11-5-8-18(13-23)20-22-21-15-24(20)12-17-6-3-2-4-7-17/h2-4,6-7,9-10,15,18H,5,8,11-14H2,1H3. The van der Waals surface area contributed by atoms with Gasteiger partial charge in [0, 0.05) is 12.5 Å². The van der Waals surface area contributed by atoms with Crippen molar-refractivity contribution in [1.29, 1.82) is 0 Å². The minimum Gasteiger partial charge on any atom is -0.465 e. The number of nitrogens with zero attached hydrogens (tertiary/aromatic N) is 4. The predicted molar refractivity (Wildman–Crippen MR) is 96.3 cm³/mol. The lowest BCUT2D eigenvalue weighted by Gasteiger charge is -2.31. The largest absolute Gasteiger partial charge is 0.465 e. The number of hydrogen-bond acceptors (Lipinski definition) is 4. The van der Waals surface area contributed by atoms with Crippen molar-refractivity contribution < 1.29 is 4.42 Å². The highest BCUT2D eigenvalue weighted by atomic mass is 16.3. The van der Waals surface area contributed by atoms with Gasteiger partial charge in [0.15, 0.2) is 0 Å². The van der Waals surface area contributed by atoms with E-state index in [2.05, 4.69) is 50.0 Å². The van der Waals surface area contributed by atoms with Crippen LogP contribution in [0.15, 0.2) is 53.2 Å². The van der Waals surface area contributed by atoms with Gasteiger partial charge < -0.3 is 8.98 Å². The maximum atomic E-state index is 5.74. The quantitative estimate of drug-likeness (QED) is 0.714. The molecule has 1 aromatic carbocycles. The summed E-state index contributed by atoms with van der Waals surface area (Å²) in [4.78, 5) is 2.47. The van der Waals surface area contributed by atoms with Gasteiger partial charge >= 0.3 is 0 Å². The smallest absolute Gasteiger partial charge is 0.137 e. The molecule has 0 spiro atoms. The van der Waals surface area contributed by atoms with Crippen LogP contribution in [0.5, 0.6) is 0 Å². The second-order valence-corrected chi connectivity index (χ2v) is 6.89. The highest BCUT2D eigenvalue weighted by Gasteiger charge is 2.25. The monoisotopic (exact) mass is 336 g/mol. The Morgan fingerprint density at radius 2 is 2.00 bits per heavy atom. The lowest BCUT2D eigenvalue weighted by Crippen LogP contribution is -2.34. The zero-order chi connectivity index (χ0) is 17.1. The minimum absolute atomic E-state index is 0.427. The fourth-order valence-corrected chi connectivity index (χ4v) is 3.68. The van der Waals surface area contributed by atoms with Crippen LogP contribution >= 0.6 is 0 Å². The number of likely N-dealkylation sites (tertiary alicyclic amines) is 1. The lowest BCUT2D eigenvalue weighted by molar-refractivity contribution is 0.181. The Morgan fingerprint density at radius 3 is 2.80 bits per heavy atom. The first kappa shape index (κ1) is 16.1. The summed E-state index contributed by atoms with van der Waals surface area (Å²) in [5.41, 5.74) is 1.28. The molecule has 5 heteroatoms. The minimum atomic E-state index is 0.427. The van der Waals surface area contributed by atoms with E-state index in [-0.39, 0.29) is 0 Å². The molecule has 1 atom stereocenters. The predicted octanol–water partition coefficient (Wildman–Crippen LogP) is 3.61. The highest BCUT2D eigenvalue weighted by Crippen LogP contribution is 2.27. The van der Waals surface area contributed by atoms with Crippen molar-refractivity contribution in [2.24, 2.45) is 0 Å². The van der Waals surface area contributed by atoms with Crippen LogP contribution in [0.1, 0.15) is 41.7 Å². The third kappa shape index (κ3) is 3.82. The molecule has 25 heavy (non-hydrogen) atoms. The van der Waals surface area contributed by atoms with Gasteiger partial charge in [-0.15, -0.1) is 10.2 Å². The van der Waals surface area contributed by atoms with Gasteiger partial charge in [-0.25, -0.2) is 0 Å². The molecule has 1 fully saturated rings. The molecule has 130 valence electrons. The number of furan rings is 1. The molecule has 5 nitrogen and oxygen atoms in total. The third-order valence-corrected chi connectivity index (χ3v) is 4.89. The molecule has 3 aromatic rings. The summed E-state index contributed by atoms with van der Waals surface area (Å²) in [6.45, 7) is 5.82. The fraction of sp³-hybridized carbons (Fsp3) is 0.400. The van der Waals surface area contributed by atoms with Crippen molar-refractivity contribution in [3.8, 4) is 0 Å². The maximum Gasteiger partial charge on any atom is 0.137 e. The van der Waals surface area contributed by atoms with Crippen LogP contribution in [0.3, 0.4) is 0 Å².